The molecule has 0 aromatic heterocycles. The Labute approximate surface area is 146 Å². The van der Waals surface area contributed by atoms with Gasteiger partial charge in [-0.2, -0.15) is 0 Å². The van der Waals surface area contributed by atoms with Crippen molar-refractivity contribution in [2.75, 3.05) is 26.1 Å². The smallest absolute Gasteiger partial charge is 0.310 e. The summed E-state index contributed by atoms with van der Waals surface area (Å²) in [7, 11) is 3.11. The Morgan fingerprint density at radius 1 is 1.00 bits per heavy atom. The lowest BCUT2D eigenvalue weighted by molar-refractivity contribution is -0.146. The molecule has 6 heteroatoms. The fourth-order valence-electron chi connectivity index (χ4n) is 2.27. The largest absolute Gasteiger partial charge is 0.497 e. The van der Waals surface area contributed by atoms with Crippen molar-refractivity contribution in [1.82, 2.24) is 0 Å². The monoisotopic (exact) mass is 343 g/mol. The Morgan fingerprint density at radius 2 is 1.72 bits per heavy atom. The van der Waals surface area contributed by atoms with Crippen LogP contribution in [0.25, 0.3) is 0 Å². The van der Waals surface area contributed by atoms with Gasteiger partial charge < -0.3 is 19.5 Å². The van der Waals surface area contributed by atoms with Gasteiger partial charge in [0.25, 0.3) is 5.91 Å². The lowest BCUT2D eigenvalue weighted by atomic mass is 10.1. The average molecular weight is 343 g/mol. The molecule has 0 aliphatic rings. The van der Waals surface area contributed by atoms with Gasteiger partial charge in [0.2, 0.25) is 0 Å². The molecule has 0 bridgehead atoms. The van der Waals surface area contributed by atoms with Crippen LogP contribution in [0.5, 0.6) is 11.5 Å². The highest BCUT2D eigenvalue weighted by Gasteiger charge is 2.12. The third-order valence-electron chi connectivity index (χ3n) is 3.51. The number of hydrogen-bond donors (Lipinski definition) is 1. The molecule has 0 unspecified atom stereocenters. The van der Waals surface area contributed by atoms with Crippen LogP contribution < -0.4 is 14.8 Å². The molecular formula is C19H21NO5. The van der Waals surface area contributed by atoms with Gasteiger partial charge in [0.05, 0.1) is 20.6 Å². The van der Waals surface area contributed by atoms with E-state index in [1.807, 2.05) is 19.1 Å². The molecule has 0 saturated heterocycles. The number of hydrogen-bond acceptors (Lipinski definition) is 5. The van der Waals surface area contributed by atoms with E-state index in [2.05, 4.69) is 5.32 Å². The molecule has 2 rings (SSSR count). The first-order chi connectivity index (χ1) is 12.0. The number of aryl methyl sites for hydroxylation is 1. The number of ether oxygens (including phenoxy) is 3. The van der Waals surface area contributed by atoms with Crippen LogP contribution in [0.4, 0.5) is 5.69 Å². The van der Waals surface area contributed by atoms with Crippen molar-refractivity contribution >= 4 is 17.6 Å². The summed E-state index contributed by atoms with van der Waals surface area (Å²) in [6.45, 7) is 1.58. The van der Waals surface area contributed by atoms with Crippen LogP contribution in [-0.2, 0) is 20.7 Å². The lowest BCUT2D eigenvalue weighted by Gasteiger charge is -2.10. The van der Waals surface area contributed by atoms with Crippen molar-refractivity contribution in [2.24, 2.45) is 0 Å². The molecular weight excluding hydrogens is 322 g/mol. The summed E-state index contributed by atoms with van der Waals surface area (Å²) in [6, 6.07) is 12.4. The molecule has 1 N–H and O–H groups in total. The minimum atomic E-state index is -0.492. The van der Waals surface area contributed by atoms with E-state index >= 15 is 0 Å². The number of rotatable bonds is 7. The predicted octanol–water partition coefficient (Wildman–Crippen LogP) is 2.74. The van der Waals surface area contributed by atoms with E-state index in [1.165, 1.54) is 0 Å². The molecule has 0 radical (unpaired) electrons. The molecule has 25 heavy (non-hydrogen) atoms. The van der Waals surface area contributed by atoms with E-state index < -0.39 is 11.9 Å². The summed E-state index contributed by atoms with van der Waals surface area (Å²) in [6.07, 6.45) is 0.0423. The van der Waals surface area contributed by atoms with E-state index in [0.717, 1.165) is 11.1 Å². The van der Waals surface area contributed by atoms with Crippen molar-refractivity contribution in [2.45, 2.75) is 13.3 Å². The number of carbonyl (C=O) groups excluding carboxylic acids is 2. The van der Waals surface area contributed by atoms with Gasteiger partial charge in [-0.05, 0) is 37.3 Å². The minimum absolute atomic E-state index is 0.0423. The molecule has 0 saturated carbocycles. The van der Waals surface area contributed by atoms with Crippen molar-refractivity contribution in [3.63, 3.8) is 0 Å². The molecule has 2 aromatic carbocycles. The van der Waals surface area contributed by atoms with Crippen molar-refractivity contribution in [3.05, 3.63) is 53.6 Å². The first-order valence-corrected chi connectivity index (χ1v) is 7.75. The van der Waals surface area contributed by atoms with Gasteiger partial charge in [0.15, 0.2) is 6.61 Å². The Kier molecular flexibility index (Phi) is 6.39. The molecule has 0 fully saturated rings. The van der Waals surface area contributed by atoms with Crippen LogP contribution in [0.15, 0.2) is 42.5 Å². The molecule has 0 aliphatic carbocycles. The fraction of sp³-hybridized carbons (Fsp3) is 0.263. The third kappa shape index (κ3) is 5.53. The van der Waals surface area contributed by atoms with Gasteiger partial charge in [-0.25, -0.2) is 0 Å². The summed E-state index contributed by atoms with van der Waals surface area (Å²) < 4.78 is 15.3. The second-order valence-corrected chi connectivity index (χ2v) is 5.43. The Morgan fingerprint density at radius 3 is 2.36 bits per heavy atom. The van der Waals surface area contributed by atoms with E-state index in [-0.39, 0.29) is 13.0 Å². The van der Waals surface area contributed by atoms with Gasteiger partial charge in [-0.1, -0.05) is 17.7 Å². The topological polar surface area (TPSA) is 73.9 Å². The standard InChI is InChI=1S/C19H21NO5/c1-13-4-9-17(24-3)14(10-13)11-19(22)25-12-18(21)20-15-5-7-16(23-2)8-6-15/h4-10H,11-12H2,1-3H3,(H,20,21). The normalized spacial score (nSPS) is 10.0. The van der Waals surface area contributed by atoms with Gasteiger partial charge in [0, 0.05) is 11.3 Å². The number of anilines is 1. The number of amides is 1. The summed E-state index contributed by atoms with van der Waals surface area (Å²) in [5, 5.41) is 2.65. The zero-order chi connectivity index (χ0) is 18.2. The zero-order valence-electron chi connectivity index (χ0n) is 14.5. The molecule has 0 atom stereocenters. The summed E-state index contributed by atoms with van der Waals surface area (Å²) in [5.41, 5.74) is 2.34. The number of esters is 1. The van der Waals surface area contributed by atoms with Crippen LogP contribution in [0, 0.1) is 6.92 Å². The van der Waals surface area contributed by atoms with Crippen LogP contribution in [-0.4, -0.2) is 32.7 Å². The van der Waals surface area contributed by atoms with Gasteiger partial charge in [0.1, 0.15) is 11.5 Å². The predicted molar refractivity (Wildman–Crippen MR) is 94.0 cm³/mol. The van der Waals surface area contributed by atoms with Crippen LogP contribution in [0.1, 0.15) is 11.1 Å². The van der Waals surface area contributed by atoms with Crippen molar-refractivity contribution in [1.29, 1.82) is 0 Å². The first kappa shape index (κ1) is 18.3. The fourth-order valence-corrected chi connectivity index (χ4v) is 2.27. The van der Waals surface area contributed by atoms with E-state index in [4.69, 9.17) is 14.2 Å². The van der Waals surface area contributed by atoms with E-state index in [1.54, 1.807) is 44.6 Å². The van der Waals surface area contributed by atoms with Crippen LogP contribution >= 0.6 is 0 Å². The minimum Gasteiger partial charge on any atom is -0.497 e. The highest BCUT2D eigenvalue weighted by atomic mass is 16.5. The summed E-state index contributed by atoms with van der Waals surface area (Å²) in [5.74, 6) is 0.408. The molecule has 1 amide bonds. The molecule has 2 aromatic rings. The number of methoxy groups -OCH3 is 2. The Hall–Kier alpha value is -3.02. The molecule has 6 nitrogen and oxygen atoms in total. The molecule has 0 heterocycles. The Balaban J connectivity index is 1.84. The van der Waals surface area contributed by atoms with Gasteiger partial charge in [-0.15, -0.1) is 0 Å². The Bertz CT molecular complexity index is 740. The first-order valence-electron chi connectivity index (χ1n) is 7.75. The maximum Gasteiger partial charge on any atom is 0.310 e. The number of carbonyl (C=O) groups is 2. The average Bonchev–Trinajstić information content (AvgIpc) is 2.61. The highest BCUT2D eigenvalue weighted by molar-refractivity contribution is 5.93. The third-order valence-corrected chi connectivity index (χ3v) is 3.51. The second kappa shape index (κ2) is 8.73. The molecule has 132 valence electrons. The number of benzene rings is 2. The number of nitrogens with one attached hydrogen (secondary N) is 1. The maximum atomic E-state index is 12.0. The SMILES string of the molecule is COc1ccc(NC(=O)COC(=O)Cc2cc(C)ccc2OC)cc1. The molecule has 0 spiro atoms. The maximum absolute atomic E-state index is 12.0. The van der Waals surface area contributed by atoms with Crippen molar-refractivity contribution in [3.8, 4) is 11.5 Å². The van der Waals surface area contributed by atoms with Gasteiger partial charge >= 0.3 is 5.97 Å². The zero-order valence-corrected chi connectivity index (χ0v) is 14.5. The lowest BCUT2D eigenvalue weighted by Crippen LogP contribution is -2.21. The quantitative estimate of drug-likeness (QED) is 0.783. The summed E-state index contributed by atoms with van der Waals surface area (Å²) in [4.78, 5) is 23.8. The van der Waals surface area contributed by atoms with E-state index in [0.29, 0.717) is 17.2 Å². The second-order valence-electron chi connectivity index (χ2n) is 5.43. The molecule has 0 aliphatic heterocycles. The van der Waals surface area contributed by atoms with Crippen LogP contribution in [0.2, 0.25) is 0 Å². The highest BCUT2D eigenvalue weighted by Crippen LogP contribution is 2.20. The van der Waals surface area contributed by atoms with Gasteiger partial charge in [-0.3, -0.25) is 9.59 Å². The van der Waals surface area contributed by atoms with Crippen LogP contribution in [0.3, 0.4) is 0 Å². The van der Waals surface area contributed by atoms with E-state index in [9.17, 15) is 9.59 Å². The summed E-state index contributed by atoms with van der Waals surface area (Å²) >= 11 is 0. The van der Waals surface area contributed by atoms with Crippen molar-refractivity contribution < 1.29 is 23.8 Å².